The third kappa shape index (κ3) is 4.54. The predicted octanol–water partition coefficient (Wildman–Crippen LogP) is 4.44. The van der Waals surface area contributed by atoms with Crippen molar-refractivity contribution in [2.45, 2.75) is 32.5 Å². The highest BCUT2D eigenvalue weighted by Crippen LogP contribution is 2.35. The molecule has 106 valence electrons. The van der Waals surface area contributed by atoms with Crippen LogP contribution in [-0.4, -0.2) is 0 Å². The molecule has 0 heterocycles. The fourth-order valence-corrected chi connectivity index (χ4v) is 1.46. The van der Waals surface area contributed by atoms with E-state index in [0.29, 0.717) is 18.7 Å². The smallest absolute Gasteiger partial charge is 0.385 e. The summed E-state index contributed by atoms with van der Waals surface area (Å²) in [5, 5.41) is 2.71. The largest absolute Gasteiger partial charge is 0.416 e. The first-order chi connectivity index (χ1) is 8.50. The molecular formula is C13H14F5N. The zero-order chi connectivity index (χ0) is 14.8. The lowest BCUT2D eigenvalue weighted by atomic mass is 10.0. The maximum atomic E-state index is 13.2. The van der Waals surface area contributed by atoms with E-state index >= 15 is 0 Å². The lowest BCUT2D eigenvalue weighted by molar-refractivity contribution is -0.137. The molecule has 0 amide bonds. The van der Waals surface area contributed by atoms with Crippen molar-refractivity contribution in [3.63, 3.8) is 0 Å². The third-order valence-electron chi connectivity index (χ3n) is 2.42. The van der Waals surface area contributed by atoms with E-state index in [1.54, 1.807) is 6.92 Å². The molecule has 0 spiro atoms. The Morgan fingerprint density at radius 2 is 1.63 bits per heavy atom. The average Bonchev–Trinajstić information content (AvgIpc) is 2.23. The summed E-state index contributed by atoms with van der Waals surface area (Å²) in [6.07, 6.45) is -4.65. The Balaban J connectivity index is 3.21. The Kier molecular flexibility index (Phi) is 4.22. The molecule has 1 N–H and O–H groups in total. The Morgan fingerprint density at radius 3 is 2.05 bits per heavy atom. The normalized spacial score (nSPS) is 12.4. The minimum absolute atomic E-state index is 0.0162. The molecule has 6 heteroatoms. The van der Waals surface area contributed by atoms with E-state index in [-0.39, 0.29) is 12.1 Å². The van der Waals surface area contributed by atoms with E-state index < -0.39 is 23.2 Å². The van der Waals surface area contributed by atoms with Crippen LogP contribution in [0.5, 0.6) is 0 Å². The van der Waals surface area contributed by atoms with Gasteiger partial charge in [0.05, 0.1) is 5.56 Å². The predicted molar refractivity (Wildman–Crippen MR) is 62.7 cm³/mol. The summed E-state index contributed by atoms with van der Waals surface area (Å²) in [6, 6.07) is 2.39. The van der Waals surface area contributed by atoms with Gasteiger partial charge in [0, 0.05) is 24.7 Å². The zero-order valence-corrected chi connectivity index (χ0v) is 10.5. The quantitative estimate of drug-likeness (QED) is 0.803. The van der Waals surface area contributed by atoms with Gasteiger partial charge in [0.2, 0.25) is 0 Å². The van der Waals surface area contributed by atoms with Crippen molar-refractivity contribution >= 4 is 0 Å². The summed E-state index contributed by atoms with van der Waals surface area (Å²) in [6.45, 7) is 5.74. The first kappa shape index (κ1) is 15.5. The van der Waals surface area contributed by atoms with Gasteiger partial charge >= 0.3 is 6.18 Å². The maximum absolute atomic E-state index is 13.2. The highest BCUT2D eigenvalue weighted by molar-refractivity contribution is 5.34. The Bertz CT molecular complexity index is 439. The van der Waals surface area contributed by atoms with Crippen LogP contribution in [0.25, 0.3) is 0 Å². The van der Waals surface area contributed by atoms with Crippen LogP contribution in [-0.2, 0) is 18.6 Å². The second-order valence-corrected chi connectivity index (χ2v) is 4.44. The van der Waals surface area contributed by atoms with Crippen LogP contribution in [0.15, 0.2) is 30.5 Å². The number of benzene rings is 1. The van der Waals surface area contributed by atoms with Gasteiger partial charge < -0.3 is 5.32 Å². The molecule has 1 aromatic carbocycles. The van der Waals surface area contributed by atoms with Crippen molar-refractivity contribution in [2.24, 2.45) is 0 Å². The summed E-state index contributed by atoms with van der Waals surface area (Å²) < 4.78 is 64.3. The molecule has 0 aromatic heterocycles. The Hall–Kier alpha value is -1.59. The van der Waals surface area contributed by atoms with Gasteiger partial charge in [0.15, 0.2) is 0 Å². The van der Waals surface area contributed by atoms with Crippen molar-refractivity contribution in [1.29, 1.82) is 0 Å². The van der Waals surface area contributed by atoms with Crippen LogP contribution in [0.1, 0.15) is 30.5 Å². The number of nitrogens with one attached hydrogen (secondary N) is 1. The van der Waals surface area contributed by atoms with Crippen LogP contribution in [0.3, 0.4) is 0 Å². The van der Waals surface area contributed by atoms with Gasteiger partial charge in [0.1, 0.15) is 0 Å². The number of allylic oxidation sites excluding steroid dienone is 1. The van der Waals surface area contributed by atoms with E-state index in [1.807, 2.05) is 0 Å². The minimum Gasteiger partial charge on any atom is -0.385 e. The molecule has 1 aromatic rings. The van der Waals surface area contributed by atoms with Gasteiger partial charge in [-0.15, -0.1) is 0 Å². The molecule has 0 aliphatic heterocycles. The first-order valence-electron chi connectivity index (χ1n) is 5.49. The number of halogens is 5. The number of rotatable bonds is 4. The van der Waals surface area contributed by atoms with Crippen molar-refractivity contribution in [3.8, 4) is 0 Å². The Labute approximate surface area is 108 Å². The molecule has 0 radical (unpaired) electrons. The van der Waals surface area contributed by atoms with Gasteiger partial charge in [-0.05, 0) is 30.7 Å². The van der Waals surface area contributed by atoms with Crippen molar-refractivity contribution < 1.29 is 22.0 Å². The molecule has 0 aliphatic carbocycles. The summed E-state index contributed by atoms with van der Waals surface area (Å²) >= 11 is 0. The van der Waals surface area contributed by atoms with Crippen molar-refractivity contribution in [1.82, 2.24) is 5.32 Å². The summed E-state index contributed by atoms with van der Waals surface area (Å²) in [7, 11) is 0. The highest BCUT2D eigenvalue weighted by Gasteiger charge is 2.34. The first-order valence-corrected chi connectivity index (χ1v) is 5.49. The van der Waals surface area contributed by atoms with Crippen molar-refractivity contribution in [3.05, 3.63) is 47.2 Å². The van der Waals surface area contributed by atoms with Crippen molar-refractivity contribution in [2.75, 3.05) is 0 Å². The van der Waals surface area contributed by atoms with E-state index in [4.69, 9.17) is 0 Å². The number of hydrogen-bond acceptors (Lipinski definition) is 1. The zero-order valence-electron chi connectivity index (χ0n) is 10.5. The maximum Gasteiger partial charge on any atom is 0.416 e. The van der Waals surface area contributed by atoms with Gasteiger partial charge in [-0.1, -0.05) is 6.58 Å². The van der Waals surface area contributed by atoms with Crippen LogP contribution in [0.2, 0.25) is 0 Å². The topological polar surface area (TPSA) is 12.0 Å². The molecule has 1 rings (SSSR count). The molecule has 1 nitrogen and oxygen atoms in total. The fraction of sp³-hybridized carbons (Fsp3) is 0.385. The molecule has 0 saturated carbocycles. The second-order valence-electron chi connectivity index (χ2n) is 4.44. The van der Waals surface area contributed by atoms with Crippen LogP contribution >= 0.6 is 0 Å². The molecule has 19 heavy (non-hydrogen) atoms. The highest BCUT2D eigenvalue weighted by atomic mass is 19.4. The average molecular weight is 279 g/mol. The van der Waals surface area contributed by atoms with E-state index in [1.165, 1.54) is 0 Å². The fourth-order valence-electron chi connectivity index (χ4n) is 1.46. The Morgan fingerprint density at radius 1 is 1.11 bits per heavy atom. The van der Waals surface area contributed by atoms with E-state index in [0.717, 1.165) is 12.1 Å². The molecule has 0 saturated heterocycles. The summed E-state index contributed by atoms with van der Waals surface area (Å²) in [5.41, 5.74) is -1.05. The molecule has 0 bridgehead atoms. The van der Waals surface area contributed by atoms with Gasteiger partial charge in [0.25, 0.3) is 5.92 Å². The van der Waals surface area contributed by atoms with Crippen LogP contribution in [0, 0.1) is 0 Å². The molecular weight excluding hydrogens is 265 g/mol. The number of alkyl halides is 5. The molecule has 0 fully saturated rings. The summed E-state index contributed by atoms with van der Waals surface area (Å²) in [4.78, 5) is 0. The lowest BCUT2D eigenvalue weighted by Gasteiger charge is -2.16. The van der Waals surface area contributed by atoms with Crippen LogP contribution < -0.4 is 5.32 Å². The minimum atomic E-state index is -4.65. The molecule has 0 aliphatic rings. The molecule has 0 atom stereocenters. The standard InChI is InChI=1S/C13H14F5N/c1-8(2)19-7-9-4-10(12(3,14)15)6-11(5-9)13(16,17)18/h4-6,19H,1,7H2,2-3H3. The summed E-state index contributed by atoms with van der Waals surface area (Å²) in [5.74, 6) is -3.32. The van der Waals surface area contributed by atoms with E-state index in [9.17, 15) is 22.0 Å². The SMILES string of the molecule is C=C(C)NCc1cc(C(C)(F)F)cc(C(F)(F)F)c1. The monoisotopic (exact) mass is 279 g/mol. The van der Waals surface area contributed by atoms with Crippen LogP contribution in [0.4, 0.5) is 22.0 Å². The number of hydrogen-bond donors (Lipinski definition) is 1. The van der Waals surface area contributed by atoms with Gasteiger partial charge in [-0.3, -0.25) is 0 Å². The molecule has 0 unspecified atom stereocenters. The van der Waals surface area contributed by atoms with Gasteiger partial charge in [-0.25, -0.2) is 8.78 Å². The third-order valence-corrected chi connectivity index (χ3v) is 2.42. The van der Waals surface area contributed by atoms with E-state index in [2.05, 4.69) is 11.9 Å². The van der Waals surface area contributed by atoms with Gasteiger partial charge in [-0.2, -0.15) is 13.2 Å². The second kappa shape index (κ2) is 5.19. The lowest BCUT2D eigenvalue weighted by Crippen LogP contribution is -2.15.